The van der Waals surface area contributed by atoms with Crippen molar-refractivity contribution in [3.8, 4) is 0 Å². The van der Waals surface area contributed by atoms with Crippen LogP contribution in [0.25, 0.3) is 0 Å². The first kappa shape index (κ1) is 10.8. The van der Waals surface area contributed by atoms with Crippen LogP contribution in [-0.4, -0.2) is 18.3 Å². The smallest absolute Gasteiger partial charge is 0.258 e. The lowest BCUT2D eigenvalue weighted by atomic mass is 10.4. The number of hydrogen-bond acceptors (Lipinski definition) is 5. The zero-order valence-corrected chi connectivity index (χ0v) is 7.92. The predicted molar refractivity (Wildman–Crippen MR) is 44.2 cm³/mol. The molecule has 1 rings (SSSR count). The van der Waals surface area contributed by atoms with Gasteiger partial charge in [0.2, 0.25) is 0 Å². The number of hydrogen-bond donors (Lipinski definition) is 0. The van der Waals surface area contributed by atoms with Gasteiger partial charge < -0.3 is 0 Å². The van der Waals surface area contributed by atoms with Gasteiger partial charge in [0.15, 0.2) is 0 Å². The molecule has 1 aromatic heterocycles. The Morgan fingerprint density at radius 1 is 1.57 bits per heavy atom. The van der Waals surface area contributed by atoms with Gasteiger partial charge in [-0.15, -0.1) is 0 Å². The molecule has 0 atom stereocenters. The summed E-state index contributed by atoms with van der Waals surface area (Å²) in [4.78, 5) is 12.3. The third kappa shape index (κ3) is 2.15. The molecule has 76 valence electrons. The van der Waals surface area contributed by atoms with Crippen LogP contribution in [-0.2, 0) is 10.2 Å². The Bertz CT molecular complexity index is 489. The highest BCUT2D eigenvalue weighted by molar-refractivity contribution is 7.86. The molecule has 0 bridgehead atoms. The Morgan fingerprint density at radius 3 is 2.57 bits per heavy atom. The molecule has 1 aromatic rings. The van der Waals surface area contributed by atoms with Crippen molar-refractivity contribution < 1.29 is 17.2 Å². The first-order valence-electron chi connectivity index (χ1n) is 3.07. The first-order chi connectivity index (χ1) is 6.32. The first-order valence-corrected chi connectivity index (χ1v) is 4.83. The molecular formula is C5H2ClFN2O4S. The predicted octanol–water partition coefficient (Wildman–Crippen LogP) is 1.30. The molecule has 9 heteroatoms. The van der Waals surface area contributed by atoms with Crippen molar-refractivity contribution in [2.45, 2.75) is 5.03 Å². The highest BCUT2D eigenvalue weighted by atomic mass is 35.5. The maximum absolute atomic E-state index is 12.4. The van der Waals surface area contributed by atoms with Gasteiger partial charge in [-0.05, 0) is 0 Å². The van der Waals surface area contributed by atoms with Crippen LogP contribution in [0.5, 0.6) is 0 Å². The van der Waals surface area contributed by atoms with E-state index in [0.29, 0.717) is 6.07 Å². The van der Waals surface area contributed by atoms with Crippen molar-refractivity contribution in [3.05, 3.63) is 27.4 Å². The average Bonchev–Trinajstić information content (AvgIpc) is 2.01. The largest absolute Gasteiger partial charge is 0.356 e. The lowest BCUT2D eigenvalue weighted by molar-refractivity contribution is -0.388. The molecule has 0 aromatic carbocycles. The van der Waals surface area contributed by atoms with Gasteiger partial charge in [0, 0.05) is 12.3 Å². The maximum Gasteiger partial charge on any atom is 0.356 e. The summed E-state index contributed by atoms with van der Waals surface area (Å²) in [5.74, 6) is 0. The molecule has 0 aliphatic heterocycles. The number of aromatic nitrogens is 1. The number of rotatable bonds is 2. The van der Waals surface area contributed by atoms with Gasteiger partial charge in [-0.3, -0.25) is 10.1 Å². The van der Waals surface area contributed by atoms with Crippen LogP contribution in [0.3, 0.4) is 0 Å². The van der Waals surface area contributed by atoms with Gasteiger partial charge in [-0.25, -0.2) is 4.98 Å². The van der Waals surface area contributed by atoms with E-state index < -0.39 is 25.9 Å². The van der Waals surface area contributed by atoms with Crippen molar-refractivity contribution in [2.75, 3.05) is 0 Å². The third-order valence-corrected chi connectivity index (χ3v) is 2.21. The number of nitro groups is 1. The Labute approximate surface area is 82.7 Å². The molecule has 0 aliphatic rings. The van der Waals surface area contributed by atoms with Crippen LogP contribution in [0.4, 0.5) is 9.57 Å². The summed E-state index contributed by atoms with van der Waals surface area (Å²) in [5.41, 5.74) is -0.986. The number of pyridine rings is 1. The van der Waals surface area contributed by atoms with E-state index in [1.165, 1.54) is 0 Å². The second kappa shape index (κ2) is 3.46. The minimum Gasteiger partial charge on any atom is -0.258 e. The molecule has 0 fully saturated rings. The maximum atomic E-state index is 12.4. The summed E-state index contributed by atoms with van der Waals surface area (Å²) in [6.45, 7) is 0. The third-order valence-electron chi connectivity index (χ3n) is 1.23. The quantitative estimate of drug-likeness (QED) is 0.441. The molecule has 0 unspecified atom stereocenters. The molecule has 0 N–H and O–H groups in total. The van der Waals surface area contributed by atoms with Crippen molar-refractivity contribution >= 4 is 27.5 Å². The minimum atomic E-state index is -5.21. The molecule has 6 nitrogen and oxygen atoms in total. The molecule has 0 radical (unpaired) electrons. The van der Waals surface area contributed by atoms with Gasteiger partial charge in [-0.2, -0.15) is 8.42 Å². The highest BCUT2D eigenvalue weighted by Gasteiger charge is 2.27. The zero-order chi connectivity index (χ0) is 10.9. The minimum absolute atomic E-state index is 0.149. The van der Waals surface area contributed by atoms with Crippen LogP contribution in [0.1, 0.15) is 0 Å². The SMILES string of the molecule is O=[N+]([O-])c1cc(Cl)cnc1S(=O)(=O)F. The normalized spacial score (nSPS) is 11.3. The van der Waals surface area contributed by atoms with E-state index in [-0.39, 0.29) is 5.02 Å². The molecule has 0 spiro atoms. The lowest BCUT2D eigenvalue weighted by Crippen LogP contribution is -2.02. The van der Waals surface area contributed by atoms with E-state index in [4.69, 9.17) is 11.6 Å². The number of nitrogens with zero attached hydrogens (tertiary/aromatic N) is 2. The van der Waals surface area contributed by atoms with Crippen molar-refractivity contribution in [1.82, 2.24) is 4.98 Å². The Kier molecular flexibility index (Phi) is 2.67. The Balaban J connectivity index is 3.53. The molecule has 0 amide bonds. The van der Waals surface area contributed by atoms with Crippen molar-refractivity contribution in [1.29, 1.82) is 0 Å². The standard InChI is InChI=1S/C5H2ClFN2O4S/c6-3-1-4(9(10)11)5(8-2-3)14(7,12)13/h1-2H. The summed E-state index contributed by atoms with van der Waals surface area (Å²) in [6, 6.07) is 0.709. The molecular weight excluding hydrogens is 239 g/mol. The average molecular weight is 241 g/mol. The topological polar surface area (TPSA) is 90.2 Å². The van der Waals surface area contributed by atoms with Crippen molar-refractivity contribution in [2.24, 2.45) is 0 Å². The summed E-state index contributed by atoms with van der Waals surface area (Å²) in [5, 5.41) is 8.90. The van der Waals surface area contributed by atoms with E-state index in [1.807, 2.05) is 0 Å². The van der Waals surface area contributed by atoms with Crippen LogP contribution in [0, 0.1) is 10.1 Å². The summed E-state index contributed by atoms with van der Waals surface area (Å²) in [7, 11) is -5.21. The van der Waals surface area contributed by atoms with Gasteiger partial charge in [0.05, 0.1) is 9.95 Å². The van der Waals surface area contributed by atoms with Crippen molar-refractivity contribution in [3.63, 3.8) is 0 Å². The van der Waals surface area contributed by atoms with Gasteiger partial charge >= 0.3 is 15.9 Å². The van der Waals surface area contributed by atoms with Gasteiger partial charge in [-0.1, -0.05) is 15.5 Å². The highest BCUT2D eigenvalue weighted by Crippen LogP contribution is 2.25. The Hall–Kier alpha value is -1.28. The van der Waals surface area contributed by atoms with Gasteiger partial charge in [0.1, 0.15) is 0 Å². The summed E-state index contributed by atoms with van der Waals surface area (Å²) >= 11 is 5.33. The molecule has 14 heavy (non-hydrogen) atoms. The number of halogens is 2. The molecule has 0 aliphatic carbocycles. The molecule has 0 saturated heterocycles. The Morgan fingerprint density at radius 2 is 2.14 bits per heavy atom. The zero-order valence-electron chi connectivity index (χ0n) is 6.35. The van der Waals surface area contributed by atoms with Crippen LogP contribution in [0.2, 0.25) is 5.02 Å². The molecule has 0 saturated carbocycles. The van der Waals surface area contributed by atoms with Crippen LogP contribution in [0.15, 0.2) is 17.3 Å². The molecule has 1 heterocycles. The van der Waals surface area contributed by atoms with E-state index in [0.717, 1.165) is 6.20 Å². The van der Waals surface area contributed by atoms with E-state index in [1.54, 1.807) is 0 Å². The summed E-state index contributed by atoms with van der Waals surface area (Å²) < 4.78 is 33.2. The van der Waals surface area contributed by atoms with Crippen LogP contribution < -0.4 is 0 Å². The fourth-order valence-corrected chi connectivity index (χ4v) is 1.45. The second-order valence-corrected chi connectivity index (χ2v) is 3.87. The van der Waals surface area contributed by atoms with Crippen LogP contribution >= 0.6 is 11.6 Å². The lowest BCUT2D eigenvalue weighted by Gasteiger charge is -1.96. The second-order valence-electron chi connectivity index (χ2n) is 2.17. The summed E-state index contributed by atoms with van der Waals surface area (Å²) in [6.07, 6.45) is 0.807. The monoisotopic (exact) mass is 240 g/mol. The van der Waals surface area contributed by atoms with E-state index >= 15 is 0 Å². The fraction of sp³-hybridized carbons (Fsp3) is 0. The van der Waals surface area contributed by atoms with E-state index in [2.05, 4.69) is 4.98 Å². The fourth-order valence-electron chi connectivity index (χ4n) is 0.735. The van der Waals surface area contributed by atoms with Gasteiger partial charge in [0.25, 0.3) is 5.03 Å². The van der Waals surface area contributed by atoms with E-state index in [9.17, 15) is 22.4 Å².